The van der Waals surface area contributed by atoms with E-state index in [0.29, 0.717) is 25.5 Å². The van der Waals surface area contributed by atoms with E-state index in [4.69, 9.17) is 9.47 Å². The van der Waals surface area contributed by atoms with E-state index in [1.807, 2.05) is 48.2 Å². The van der Waals surface area contributed by atoms with E-state index in [0.717, 1.165) is 25.2 Å². The van der Waals surface area contributed by atoms with Crippen LogP contribution in [0.1, 0.15) is 24.0 Å². The summed E-state index contributed by atoms with van der Waals surface area (Å²) < 4.78 is 11.8. The number of anilines is 1. The lowest BCUT2D eigenvalue weighted by Crippen LogP contribution is -2.49. The first kappa shape index (κ1) is 18.7. The molecule has 3 heterocycles. The Morgan fingerprint density at radius 1 is 1.18 bits per heavy atom. The second-order valence-electron chi connectivity index (χ2n) is 7.56. The Morgan fingerprint density at radius 3 is 2.75 bits per heavy atom. The second kappa shape index (κ2) is 8.14. The van der Waals surface area contributed by atoms with Gasteiger partial charge in [0.2, 0.25) is 5.88 Å². The lowest BCUT2D eigenvalue weighted by atomic mass is 9.98. The Balaban J connectivity index is 1.36. The average Bonchev–Trinajstić information content (AvgIpc) is 2.73. The lowest BCUT2D eigenvalue weighted by molar-refractivity contribution is -0.148. The summed E-state index contributed by atoms with van der Waals surface area (Å²) in [5, 5.41) is 8.28. The number of aromatic nitrogens is 2. The zero-order chi connectivity index (χ0) is 19.5. The molecule has 1 amide bonds. The summed E-state index contributed by atoms with van der Waals surface area (Å²) in [5.74, 6) is 1.33. The summed E-state index contributed by atoms with van der Waals surface area (Å²) in [6.45, 7) is 1.79. The number of amides is 1. The molecule has 28 heavy (non-hydrogen) atoms. The number of hydrogen-bond donors (Lipinski definition) is 0. The molecular weight excluding hydrogens is 356 g/mol. The number of fused-ring (bicyclic) bond motifs is 1. The highest BCUT2D eigenvalue weighted by molar-refractivity contribution is 5.81. The summed E-state index contributed by atoms with van der Waals surface area (Å²) in [5.41, 5.74) is 2.37. The van der Waals surface area contributed by atoms with Crippen LogP contribution in [0.3, 0.4) is 0 Å². The van der Waals surface area contributed by atoms with Crippen LogP contribution in [-0.4, -0.2) is 60.4 Å². The van der Waals surface area contributed by atoms with E-state index in [1.54, 1.807) is 0 Å². The third kappa shape index (κ3) is 4.09. The molecule has 0 saturated carbocycles. The molecule has 7 nitrogen and oxygen atoms in total. The monoisotopic (exact) mass is 382 g/mol. The minimum Gasteiger partial charge on any atom is -0.471 e. The van der Waals surface area contributed by atoms with E-state index in [1.165, 1.54) is 11.1 Å². The van der Waals surface area contributed by atoms with Crippen molar-refractivity contribution in [3.05, 3.63) is 47.5 Å². The fourth-order valence-electron chi connectivity index (χ4n) is 3.73. The van der Waals surface area contributed by atoms with Gasteiger partial charge in [0, 0.05) is 33.1 Å². The van der Waals surface area contributed by atoms with E-state index < -0.39 is 6.10 Å². The minimum atomic E-state index is -0.409. The molecule has 2 aliphatic rings. The van der Waals surface area contributed by atoms with Crippen molar-refractivity contribution in [2.24, 2.45) is 0 Å². The molecule has 0 aliphatic carbocycles. The molecule has 1 aromatic heterocycles. The van der Waals surface area contributed by atoms with Gasteiger partial charge in [0.15, 0.2) is 5.82 Å². The van der Waals surface area contributed by atoms with Crippen molar-refractivity contribution in [2.45, 2.75) is 38.1 Å². The van der Waals surface area contributed by atoms with Crippen molar-refractivity contribution < 1.29 is 14.3 Å². The van der Waals surface area contributed by atoms with Gasteiger partial charge in [-0.25, -0.2) is 0 Å². The van der Waals surface area contributed by atoms with E-state index in [2.05, 4.69) is 22.3 Å². The maximum absolute atomic E-state index is 13.0. The molecule has 0 bridgehead atoms. The van der Waals surface area contributed by atoms with Gasteiger partial charge in [-0.3, -0.25) is 4.79 Å². The number of benzene rings is 1. The molecule has 0 radical (unpaired) electrons. The van der Waals surface area contributed by atoms with Gasteiger partial charge in [-0.15, -0.1) is 10.2 Å². The Kier molecular flexibility index (Phi) is 5.43. The number of hydrogen-bond acceptors (Lipinski definition) is 6. The number of piperidine rings is 1. The largest absolute Gasteiger partial charge is 0.471 e. The molecule has 2 aromatic rings. The quantitative estimate of drug-likeness (QED) is 0.806. The van der Waals surface area contributed by atoms with Crippen LogP contribution in [0.25, 0.3) is 0 Å². The highest BCUT2D eigenvalue weighted by atomic mass is 16.5. The zero-order valence-electron chi connectivity index (χ0n) is 16.4. The number of nitrogens with zero attached hydrogens (tertiary/aromatic N) is 4. The lowest BCUT2D eigenvalue weighted by Gasteiger charge is -2.35. The highest BCUT2D eigenvalue weighted by Gasteiger charge is 2.32. The third-order valence-electron chi connectivity index (χ3n) is 5.30. The van der Waals surface area contributed by atoms with Crippen LogP contribution < -0.4 is 9.64 Å². The summed E-state index contributed by atoms with van der Waals surface area (Å²) in [6.07, 6.45) is 1.95. The highest BCUT2D eigenvalue weighted by Crippen LogP contribution is 2.24. The summed E-state index contributed by atoms with van der Waals surface area (Å²) in [4.78, 5) is 16.8. The molecular formula is C21H26N4O3. The molecule has 0 spiro atoms. The summed E-state index contributed by atoms with van der Waals surface area (Å²) in [7, 11) is 3.84. The van der Waals surface area contributed by atoms with Gasteiger partial charge < -0.3 is 19.3 Å². The average molecular weight is 382 g/mol. The first-order valence-corrected chi connectivity index (χ1v) is 9.75. The van der Waals surface area contributed by atoms with Crippen LogP contribution in [0.4, 0.5) is 5.82 Å². The standard InChI is InChI=1S/C21H26N4O3/c1-24(2)19-9-10-20(23-22-19)28-17-8-5-11-25(13-17)21(26)18-12-15-6-3-4-7-16(15)14-27-18/h3-4,6-7,9-10,17-18H,5,8,11-14H2,1-2H3. The third-order valence-corrected chi connectivity index (χ3v) is 5.30. The number of likely N-dealkylation sites (tertiary alicyclic amines) is 1. The molecule has 1 fully saturated rings. The second-order valence-corrected chi connectivity index (χ2v) is 7.56. The van der Waals surface area contributed by atoms with Crippen molar-refractivity contribution in [1.82, 2.24) is 15.1 Å². The molecule has 2 aliphatic heterocycles. The van der Waals surface area contributed by atoms with Crippen molar-refractivity contribution in [2.75, 3.05) is 32.1 Å². The summed E-state index contributed by atoms with van der Waals surface area (Å²) >= 11 is 0. The van der Waals surface area contributed by atoms with Gasteiger partial charge in [0.05, 0.1) is 13.2 Å². The van der Waals surface area contributed by atoms with Crippen LogP contribution in [-0.2, 0) is 22.6 Å². The molecule has 2 unspecified atom stereocenters. The van der Waals surface area contributed by atoms with Crippen molar-refractivity contribution in [3.63, 3.8) is 0 Å². The first-order valence-electron chi connectivity index (χ1n) is 9.75. The smallest absolute Gasteiger partial charge is 0.252 e. The Labute approximate surface area is 165 Å². The van der Waals surface area contributed by atoms with Crippen LogP contribution in [0, 0.1) is 0 Å². The van der Waals surface area contributed by atoms with Crippen LogP contribution >= 0.6 is 0 Å². The predicted molar refractivity (Wildman–Crippen MR) is 105 cm³/mol. The normalized spacial score (nSPS) is 21.7. The maximum Gasteiger partial charge on any atom is 0.252 e. The fraction of sp³-hybridized carbons (Fsp3) is 0.476. The number of carbonyl (C=O) groups excluding carboxylic acids is 1. The molecule has 2 atom stereocenters. The first-order chi connectivity index (χ1) is 13.6. The van der Waals surface area contributed by atoms with Crippen LogP contribution in [0.2, 0.25) is 0 Å². The minimum absolute atomic E-state index is 0.0526. The number of rotatable bonds is 4. The predicted octanol–water partition coefficient (Wildman–Crippen LogP) is 2.05. The molecule has 148 valence electrons. The Morgan fingerprint density at radius 2 is 2.00 bits per heavy atom. The van der Waals surface area contributed by atoms with E-state index in [-0.39, 0.29) is 12.0 Å². The maximum atomic E-state index is 13.0. The van der Waals surface area contributed by atoms with Crippen molar-refractivity contribution in [3.8, 4) is 5.88 Å². The Hall–Kier alpha value is -2.67. The van der Waals surface area contributed by atoms with Gasteiger partial charge in [0.1, 0.15) is 12.2 Å². The van der Waals surface area contributed by atoms with Crippen LogP contribution in [0.5, 0.6) is 5.88 Å². The van der Waals surface area contributed by atoms with Gasteiger partial charge in [-0.2, -0.15) is 0 Å². The van der Waals surface area contributed by atoms with Gasteiger partial charge in [-0.1, -0.05) is 24.3 Å². The van der Waals surface area contributed by atoms with E-state index in [9.17, 15) is 4.79 Å². The van der Waals surface area contributed by atoms with Gasteiger partial charge in [-0.05, 0) is 30.0 Å². The molecule has 7 heteroatoms. The fourth-order valence-corrected chi connectivity index (χ4v) is 3.73. The van der Waals surface area contributed by atoms with Crippen molar-refractivity contribution in [1.29, 1.82) is 0 Å². The summed E-state index contributed by atoms with van der Waals surface area (Å²) in [6, 6.07) is 11.9. The molecule has 4 rings (SSSR count). The Bertz CT molecular complexity index is 825. The van der Waals surface area contributed by atoms with Crippen molar-refractivity contribution >= 4 is 11.7 Å². The number of ether oxygens (including phenoxy) is 2. The van der Waals surface area contributed by atoms with Crippen LogP contribution in [0.15, 0.2) is 36.4 Å². The number of carbonyl (C=O) groups is 1. The van der Waals surface area contributed by atoms with Gasteiger partial charge >= 0.3 is 0 Å². The molecule has 1 saturated heterocycles. The topological polar surface area (TPSA) is 67.8 Å². The molecule has 1 aromatic carbocycles. The van der Waals surface area contributed by atoms with E-state index >= 15 is 0 Å². The van der Waals surface area contributed by atoms with Gasteiger partial charge in [0.25, 0.3) is 5.91 Å². The molecule has 0 N–H and O–H groups in total. The SMILES string of the molecule is CN(C)c1ccc(OC2CCCN(C(=O)C3Cc4ccccc4CO3)C2)nn1. The zero-order valence-corrected chi connectivity index (χ0v) is 16.4.